The van der Waals surface area contributed by atoms with Gasteiger partial charge >= 0.3 is 6.18 Å². The van der Waals surface area contributed by atoms with Gasteiger partial charge < -0.3 is 5.73 Å². The van der Waals surface area contributed by atoms with E-state index in [-0.39, 0.29) is 17.9 Å². The zero-order valence-electron chi connectivity index (χ0n) is 9.17. The molecule has 0 saturated carbocycles. The van der Waals surface area contributed by atoms with Gasteiger partial charge in [0.05, 0.1) is 12.1 Å². The van der Waals surface area contributed by atoms with Crippen molar-refractivity contribution in [3.63, 3.8) is 0 Å². The highest BCUT2D eigenvalue weighted by Gasteiger charge is 2.31. The Morgan fingerprint density at radius 1 is 1.41 bits per heavy atom. The quantitative estimate of drug-likeness (QED) is 0.671. The van der Waals surface area contributed by atoms with Crippen LogP contribution in [0.15, 0.2) is 23.1 Å². The Kier molecular flexibility index (Phi) is 4.59. The molecule has 0 aliphatic heterocycles. The molecule has 2 nitrogen and oxygen atoms in total. The summed E-state index contributed by atoms with van der Waals surface area (Å²) in [5.74, 6) is 0.237. The van der Waals surface area contributed by atoms with Crippen molar-refractivity contribution in [1.82, 2.24) is 0 Å². The average molecular weight is 263 g/mol. The fourth-order valence-electron chi connectivity index (χ4n) is 1.31. The minimum atomic E-state index is -4.40. The second-order valence-corrected chi connectivity index (χ2v) is 4.57. The molecule has 1 aromatic rings. The van der Waals surface area contributed by atoms with Gasteiger partial charge in [0.2, 0.25) is 0 Å². The summed E-state index contributed by atoms with van der Waals surface area (Å²) in [5.41, 5.74) is 4.72. The predicted molar refractivity (Wildman–Crippen MR) is 61.2 cm³/mol. The molecular formula is C11H12F3NOS. The zero-order chi connectivity index (χ0) is 13.1. The molecule has 0 fully saturated rings. The van der Waals surface area contributed by atoms with Crippen molar-refractivity contribution in [3.05, 3.63) is 29.3 Å². The van der Waals surface area contributed by atoms with Crippen LogP contribution in [0, 0.1) is 0 Å². The Bertz CT molecular complexity index is 418. The van der Waals surface area contributed by atoms with Crippen molar-refractivity contribution < 1.29 is 18.0 Å². The molecule has 0 heterocycles. The molecule has 6 heteroatoms. The highest BCUT2D eigenvalue weighted by molar-refractivity contribution is 7.99. The number of Topliss-reactive ketones (excluding diaryl/α,β-unsaturated/α-hetero) is 1. The Morgan fingerprint density at radius 3 is 2.53 bits per heavy atom. The summed E-state index contributed by atoms with van der Waals surface area (Å²) in [5, 5.41) is 0. The number of nitrogens with two attached hydrogens (primary N) is 1. The summed E-state index contributed by atoms with van der Waals surface area (Å²) in [6.45, 7) is 1.60. The molecule has 1 aromatic carbocycles. The minimum absolute atomic E-state index is 0.206. The van der Waals surface area contributed by atoms with Crippen LogP contribution in [0.5, 0.6) is 0 Å². The summed E-state index contributed by atoms with van der Waals surface area (Å²) in [4.78, 5) is 11.8. The van der Waals surface area contributed by atoms with E-state index in [1.165, 1.54) is 17.8 Å². The Balaban J connectivity index is 3.21. The molecule has 0 spiro atoms. The molecule has 94 valence electrons. The van der Waals surface area contributed by atoms with Crippen molar-refractivity contribution in [1.29, 1.82) is 0 Å². The molecule has 0 aliphatic carbocycles. The number of hydrogen-bond donors (Lipinski definition) is 1. The van der Waals surface area contributed by atoms with Crippen LogP contribution in [-0.4, -0.2) is 18.1 Å². The number of hydrogen-bond acceptors (Lipinski definition) is 3. The highest BCUT2D eigenvalue weighted by atomic mass is 32.2. The third-order valence-electron chi connectivity index (χ3n) is 2.09. The van der Waals surface area contributed by atoms with Crippen molar-refractivity contribution in [2.45, 2.75) is 18.0 Å². The number of halogens is 3. The number of thioether (sulfide) groups is 1. The molecule has 0 saturated heterocycles. The standard InChI is InChI=1S/C11H12F3NOS/c1-2-17-10-5-7(11(12,13)14)3-4-8(10)9(16)6-15/h3-5H,2,6,15H2,1H3. The van der Waals surface area contributed by atoms with E-state index in [9.17, 15) is 18.0 Å². The molecular weight excluding hydrogens is 251 g/mol. The van der Waals surface area contributed by atoms with Gasteiger partial charge in [0.25, 0.3) is 0 Å². The Morgan fingerprint density at radius 2 is 2.06 bits per heavy atom. The largest absolute Gasteiger partial charge is 0.416 e. The third-order valence-corrected chi connectivity index (χ3v) is 3.03. The van der Waals surface area contributed by atoms with E-state index >= 15 is 0 Å². The molecule has 0 amide bonds. The molecule has 0 radical (unpaired) electrons. The summed E-state index contributed by atoms with van der Waals surface area (Å²) in [7, 11) is 0. The van der Waals surface area contributed by atoms with Gasteiger partial charge in [0, 0.05) is 10.5 Å². The molecule has 0 atom stereocenters. The van der Waals surface area contributed by atoms with E-state index in [0.29, 0.717) is 10.6 Å². The predicted octanol–water partition coefficient (Wildman–Crippen LogP) is 2.96. The van der Waals surface area contributed by atoms with Gasteiger partial charge in [-0.2, -0.15) is 13.2 Å². The Hall–Kier alpha value is -1.01. The lowest BCUT2D eigenvalue weighted by molar-refractivity contribution is -0.137. The number of carbonyl (C=O) groups is 1. The van der Waals surface area contributed by atoms with E-state index in [2.05, 4.69) is 0 Å². The molecule has 0 aromatic heterocycles. The van der Waals surface area contributed by atoms with E-state index in [0.717, 1.165) is 12.1 Å². The molecule has 1 rings (SSSR count). The molecule has 0 unspecified atom stereocenters. The molecule has 0 bridgehead atoms. The summed E-state index contributed by atoms with van der Waals surface area (Å²) in [6.07, 6.45) is -4.40. The number of rotatable bonds is 4. The molecule has 2 N–H and O–H groups in total. The first-order valence-corrected chi connectivity index (χ1v) is 5.96. The smallest absolute Gasteiger partial charge is 0.324 e. The molecule has 0 aliphatic rings. The minimum Gasteiger partial charge on any atom is -0.324 e. The lowest BCUT2D eigenvalue weighted by Gasteiger charge is -2.11. The second kappa shape index (κ2) is 5.55. The normalized spacial score (nSPS) is 11.6. The SMILES string of the molecule is CCSc1cc(C(F)(F)F)ccc1C(=O)CN. The third kappa shape index (κ3) is 3.47. The van der Waals surface area contributed by atoms with Gasteiger partial charge in [-0.25, -0.2) is 0 Å². The van der Waals surface area contributed by atoms with Crippen LogP contribution in [0.1, 0.15) is 22.8 Å². The van der Waals surface area contributed by atoms with Crippen LogP contribution < -0.4 is 5.73 Å². The van der Waals surface area contributed by atoms with Crippen molar-refractivity contribution in [2.75, 3.05) is 12.3 Å². The van der Waals surface area contributed by atoms with Gasteiger partial charge in [0.1, 0.15) is 0 Å². The van der Waals surface area contributed by atoms with Gasteiger partial charge in [-0.15, -0.1) is 11.8 Å². The van der Waals surface area contributed by atoms with Crippen LogP contribution in [-0.2, 0) is 6.18 Å². The van der Waals surface area contributed by atoms with Crippen LogP contribution in [0.3, 0.4) is 0 Å². The van der Waals surface area contributed by atoms with Crippen LogP contribution in [0.2, 0.25) is 0 Å². The maximum absolute atomic E-state index is 12.5. The summed E-state index contributed by atoms with van der Waals surface area (Å²) in [6, 6.07) is 3.09. The topological polar surface area (TPSA) is 43.1 Å². The van der Waals surface area contributed by atoms with Gasteiger partial charge in [-0.3, -0.25) is 4.79 Å². The highest BCUT2D eigenvalue weighted by Crippen LogP contribution is 2.33. The number of alkyl halides is 3. The van der Waals surface area contributed by atoms with Crippen molar-refractivity contribution in [2.24, 2.45) is 5.73 Å². The first-order chi connectivity index (χ1) is 7.90. The lowest BCUT2D eigenvalue weighted by Crippen LogP contribution is -2.15. The first kappa shape index (κ1) is 14.1. The number of benzene rings is 1. The number of ketones is 1. The average Bonchev–Trinajstić information content (AvgIpc) is 2.27. The fourth-order valence-corrected chi connectivity index (χ4v) is 2.17. The summed E-state index contributed by atoms with van der Waals surface area (Å²) < 4.78 is 37.5. The van der Waals surface area contributed by atoms with E-state index < -0.39 is 11.7 Å². The maximum atomic E-state index is 12.5. The second-order valence-electron chi connectivity index (χ2n) is 3.27. The molecule has 17 heavy (non-hydrogen) atoms. The summed E-state index contributed by atoms with van der Waals surface area (Å²) >= 11 is 1.20. The van der Waals surface area contributed by atoms with Crippen molar-refractivity contribution >= 4 is 17.5 Å². The monoisotopic (exact) mass is 263 g/mol. The lowest BCUT2D eigenvalue weighted by atomic mass is 10.1. The number of carbonyl (C=O) groups excluding carboxylic acids is 1. The van der Waals surface area contributed by atoms with Crippen LogP contribution >= 0.6 is 11.8 Å². The van der Waals surface area contributed by atoms with E-state index in [1.54, 1.807) is 0 Å². The van der Waals surface area contributed by atoms with E-state index in [1.807, 2.05) is 6.92 Å². The fraction of sp³-hybridized carbons (Fsp3) is 0.364. The van der Waals surface area contributed by atoms with Gasteiger partial charge in [0.15, 0.2) is 5.78 Å². The van der Waals surface area contributed by atoms with Gasteiger partial charge in [-0.1, -0.05) is 6.92 Å². The van der Waals surface area contributed by atoms with Crippen LogP contribution in [0.25, 0.3) is 0 Å². The first-order valence-electron chi connectivity index (χ1n) is 4.97. The van der Waals surface area contributed by atoms with Gasteiger partial charge in [-0.05, 0) is 24.0 Å². The van der Waals surface area contributed by atoms with E-state index in [4.69, 9.17) is 5.73 Å². The van der Waals surface area contributed by atoms with Crippen molar-refractivity contribution in [3.8, 4) is 0 Å². The zero-order valence-corrected chi connectivity index (χ0v) is 9.99. The van der Waals surface area contributed by atoms with Crippen LogP contribution in [0.4, 0.5) is 13.2 Å². The maximum Gasteiger partial charge on any atom is 0.416 e. The Labute approximate surface area is 101 Å².